The SMILES string of the molecule is CCCCCCCOC(=O)c1cc(O)c(O)c(O)c1. The van der Waals surface area contributed by atoms with Gasteiger partial charge in [0.2, 0.25) is 0 Å². The minimum atomic E-state index is -0.642. The van der Waals surface area contributed by atoms with Crippen LogP contribution in [0.1, 0.15) is 49.4 Å². The van der Waals surface area contributed by atoms with E-state index < -0.39 is 23.2 Å². The van der Waals surface area contributed by atoms with Gasteiger partial charge in [-0.15, -0.1) is 0 Å². The molecule has 0 saturated carbocycles. The van der Waals surface area contributed by atoms with Gasteiger partial charge in [0.15, 0.2) is 17.2 Å². The molecule has 1 aromatic rings. The molecule has 0 aliphatic heterocycles. The molecule has 0 aliphatic rings. The van der Waals surface area contributed by atoms with Crippen molar-refractivity contribution >= 4 is 5.97 Å². The quantitative estimate of drug-likeness (QED) is 0.402. The highest BCUT2D eigenvalue weighted by atomic mass is 16.5. The van der Waals surface area contributed by atoms with Crippen molar-refractivity contribution in [3.63, 3.8) is 0 Å². The predicted molar refractivity (Wildman–Crippen MR) is 70.5 cm³/mol. The van der Waals surface area contributed by atoms with E-state index in [1.165, 1.54) is 6.42 Å². The van der Waals surface area contributed by atoms with Gasteiger partial charge >= 0.3 is 5.97 Å². The topological polar surface area (TPSA) is 87.0 Å². The van der Waals surface area contributed by atoms with Gasteiger partial charge in [-0.2, -0.15) is 0 Å². The highest BCUT2D eigenvalue weighted by Crippen LogP contribution is 2.35. The van der Waals surface area contributed by atoms with E-state index in [0.717, 1.165) is 37.8 Å². The molecular weight excluding hydrogens is 248 g/mol. The molecule has 0 heterocycles. The second-order valence-electron chi connectivity index (χ2n) is 4.41. The number of hydrogen-bond donors (Lipinski definition) is 3. The number of carbonyl (C=O) groups is 1. The third kappa shape index (κ3) is 4.69. The maximum Gasteiger partial charge on any atom is 0.338 e. The van der Waals surface area contributed by atoms with Crippen LogP contribution in [0, 0.1) is 0 Å². The third-order valence-corrected chi connectivity index (χ3v) is 2.79. The van der Waals surface area contributed by atoms with E-state index in [1.807, 2.05) is 0 Å². The van der Waals surface area contributed by atoms with Gasteiger partial charge in [0.05, 0.1) is 12.2 Å². The first kappa shape index (κ1) is 15.1. The lowest BCUT2D eigenvalue weighted by Crippen LogP contribution is -2.06. The van der Waals surface area contributed by atoms with E-state index in [-0.39, 0.29) is 5.56 Å². The van der Waals surface area contributed by atoms with Gasteiger partial charge in [-0.3, -0.25) is 0 Å². The van der Waals surface area contributed by atoms with Crippen LogP contribution in [0.2, 0.25) is 0 Å². The molecule has 1 rings (SSSR count). The number of carbonyl (C=O) groups excluding carboxylic acids is 1. The van der Waals surface area contributed by atoms with Gasteiger partial charge in [0.1, 0.15) is 0 Å². The van der Waals surface area contributed by atoms with Crippen LogP contribution in [0.3, 0.4) is 0 Å². The zero-order valence-corrected chi connectivity index (χ0v) is 11.1. The summed E-state index contributed by atoms with van der Waals surface area (Å²) in [5.74, 6) is -2.36. The normalized spacial score (nSPS) is 10.4. The lowest BCUT2D eigenvalue weighted by molar-refractivity contribution is 0.0496. The first-order chi connectivity index (χ1) is 9.06. The molecule has 0 aliphatic carbocycles. The van der Waals surface area contributed by atoms with Gasteiger partial charge in [-0.1, -0.05) is 32.6 Å². The van der Waals surface area contributed by atoms with E-state index in [4.69, 9.17) is 9.84 Å². The highest BCUT2D eigenvalue weighted by molar-refractivity contribution is 5.91. The summed E-state index contributed by atoms with van der Waals surface area (Å²) in [5, 5.41) is 27.7. The zero-order chi connectivity index (χ0) is 14.3. The van der Waals surface area contributed by atoms with Gasteiger partial charge < -0.3 is 20.1 Å². The number of aromatic hydroxyl groups is 3. The fourth-order valence-corrected chi connectivity index (χ4v) is 1.68. The van der Waals surface area contributed by atoms with Crippen molar-refractivity contribution in [1.29, 1.82) is 0 Å². The van der Waals surface area contributed by atoms with Gasteiger partial charge in [0, 0.05) is 0 Å². The van der Waals surface area contributed by atoms with Crippen LogP contribution in [0.25, 0.3) is 0 Å². The van der Waals surface area contributed by atoms with Crippen LogP contribution >= 0.6 is 0 Å². The Bertz CT molecular complexity index is 405. The Morgan fingerprint density at radius 3 is 2.21 bits per heavy atom. The summed E-state index contributed by atoms with van der Waals surface area (Å²) in [7, 11) is 0. The summed E-state index contributed by atoms with van der Waals surface area (Å²) >= 11 is 0. The molecular formula is C14H20O5. The summed E-state index contributed by atoms with van der Waals surface area (Å²) in [4.78, 5) is 11.6. The number of benzene rings is 1. The van der Waals surface area contributed by atoms with Gasteiger partial charge in [0.25, 0.3) is 0 Å². The molecule has 0 spiro atoms. The molecule has 0 saturated heterocycles. The number of phenolic OH excluding ortho intramolecular Hbond substituents is 3. The molecule has 5 nitrogen and oxygen atoms in total. The Morgan fingerprint density at radius 2 is 1.63 bits per heavy atom. The monoisotopic (exact) mass is 268 g/mol. The molecule has 106 valence electrons. The van der Waals surface area contributed by atoms with E-state index in [1.54, 1.807) is 0 Å². The van der Waals surface area contributed by atoms with Gasteiger partial charge in [-0.05, 0) is 18.6 Å². The largest absolute Gasteiger partial charge is 0.504 e. The van der Waals surface area contributed by atoms with Crippen LogP contribution in [0.15, 0.2) is 12.1 Å². The van der Waals surface area contributed by atoms with Crippen LogP contribution in [0.5, 0.6) is 17.2 Å². The lowest BCUT2D eigenvalue weighted by Gasteiger charge is -2.07. The van der Waals surface area contributed by atoms with Gasteiger partial charge in [-0.25, -0.2) is 4.79 Å². The minimum absolute atomic E-state index is 0.0151. The van der Waals surface area contributed by atoms with E-state index in [9.17, 15) is 15.0 Å². The fraction of sp³-hybridized carbons (Fsp3) is 0.500. The Hall–Kier alpha value is -1.91. The number of phenols is 3. The molecule has 0 radical (unpaired) electrons. The van der Waals surface area contributed by atoms with Crippen LogP contribution < -0.4 is 0 Å². The molecule has 0 aromatic heterocycles. The predicted octanol–water partition coefficient (Wildman–Crippen LogP) is 2.93. The zero-order valence-electron chi connectivity index (χ0n) is 11.1. The van der Waals surface area contributed by atoms with Crippen molar-refractivity contribution in [2.45, 2.75) is 39.0 Å². The summed E-state index contributed by atoms with van der Waals surface area (Å²) in [5.41, 5.74) is 0.0151. The summed E-state index contributed by atoms with van der Waals surface area (Å²) < 4.78 is 5.02. The summed E-state index contributed by atoms with van der Waals surface area (Å²) in [6, 6.07) is 2.13. The molecule has 0 fully saturated rings. The van der Waals surface area contributed by atoms with Crippen LogP contribution in [0.4, 0.5) is 0 Å². The second-order valence-corrected chi connectivity index (χ2v) is 4.41. The molecule has 0 unspecified atom stereocenters. The van der Waals surface area contributed by atoms with Crippen molar-refractivity contribution in [1.82, 2.24) is 0 Å². The maximum absolute atomic E-state index is 11.6. The fourth-order valence-electron chi connectivity index (χ4n) is 1.68. The number of esters is 1. The first-order valence-electron chi connectivity index (χ1n) is 6.48. The number of ether oxygens (including phenoxy) is 1. The molecule has 0 bridgehead atoms. The smallest absolute Gasteiger partial charge is 0.338 e. The minimum Gasteiger partial charge on any atom is -0.504 e. The molecule has 5 heteroatoms. The molecule has 0 atom stereocenters. The number of hydrogen-bond acceptors (Lipinski definition) is 5. The Labute approximate surface area is 112 Å². The highest BCUT2D eigenvalue weighted by Gasteiger charge is 2.14. The average molecular weight is 268 g/mol. The van der Waals surface area contributed by atoms with Crippen molar-refractivity contribution in [2.75, 3.05) is 6.61 Å². The number of unbranched alkanes of at least 4 members (excludes halogenated alkanes) is 4. The van der Waals surface area contributed by atoms with Crippen molar-refractivity contribution in [2.24, 2.45) is 0 Å². The molecule has 19 heavy (non-hydrogen) atoms. The van der Waals surface area contributed by atoms with Crippen molar-refractivity contribution in [3.05, 3.63) is 17.7 Å². The third-order valence-electron chi connectivity index (χ3n) is 2.79. The Morgan fingerprint density at radius 1 is 1.05 bits per heavy atom. The maximum atomic E-state index is 11.6. The Balaban J connectivity index is 2.42. The van der Waals surface area contributed by atoms with E-state index in [2.05, 4.69) is 6.92 Å². The van der Waals surface area contributed by atoms with E-state index in [0.29, 0.717) is 6.61 Å². The lowest BCUT2D eigenvalue weighted by atomic mass is 10.1. The summed E-state index contributed by atoms with van der Waals surface area (Å²) in [6.07, 6.45) is 5.25. The van der Waals surface area contributed by atoms with E-state index >= 15 is 0 Å². The van der Waals surface area contributed by atoms with Crippen LogP contribution in [-0.4, -0.2) is 27.9 Å². The van der Waals surface area contributed by atoms with Crippen LogP contribution in [-0.2, 0) is 4.74 Å². The molecule has 3 N–H and O–H groups in total. The second kappa shape index (κ2) is 7.51. The molecule has 0 amide bonds. The average Bonchev–Trinajstić information content (AvgIpc) is 2.39. The Kier molecular flexibility index (Phi) is 5.99. The first-order valence-corrected chi connectivity index (χ1v) is 6.48. The number of rotatable bonds is 7. The summed E-state index contributed by atoms with van der Waals surface area (Å²) in [6.45, 7) is 2.44. The van der Waals surface area contributed by atoms with Crippen molar-refractivity contribution < 1.29 is 24.9 Å². The molecule has 1 aromatic carbocycles. The standard InChI is InChI=1S/C14H20O5/c1-2-3-4-5-6-7-19-14(18)10-8-11(15)13(17)12(16)9-10/h8-9,15-17H,2-7H2,1H3. The van der Waals surface area contributed by atoms with Crippen molar-refractivity contribution in [3.8, 4) is 17.2 Å².